The summed E-state index contributed by atoms with van der Waals surface area (Å²) < 4.78 is 20.6. The van der Waals surface area contributed by atoms with Crippen LogP contribution in [0.5, 0.6) is 0 Å². The van der Waals surface area contributed by atoms with Crippen LogP contribution in [0.4, 0.5) is 10.1 Å². The summed E-state index contributed by atoms with van der Waals surface area (Å²) in [6.07, 6.45) is 3.39. The van der Waals surface area contributed by atoms with Crippen molar-refractivity contribution in [2.75, 3.05) is 19.0 Å². The predicted molar refractivity (Wildman–Crippen MR) is 131 cm³/mol. The first-order chi connectivity index (χ1) is 16.9. The Kier molecular flexibility index (Phi) is 7.17. The number of anilines is 1. The van der Waals surface area contributed by atoms with Gasteiger partial charge in [-0.2, -0.15) is 0 Å². The Labute approximate surface area is 202 Å². The van der Waals surface area contributed by atoms with Crippen LogP contribution in [-0.4, -0.2) is 40.1 Å². The third-order valence-electron chi connectivity index (χ3n) is 5.63. The van der Waals surface area contributed by atoms with E-state index in [0.29, 0.717) is 40.2 Å². The first-order valence-electron chi connectivity index (χ1n) is 11.2. The van der Waals surface area contributed by atoms with Crippen LogP contribution in [0.25, 0.3) is 22.4 Å². The van der Waals surface area contributed by atoms with Gasteiger partial charge in [0.25, 0.3) is 5.91 Å². The highest BCUT2D eigenvalue weighted by molar-refractivity contribution is 6.08. The number of aryl methyl sites for hydroxylation is 2. The molecule has 35 heavy (non-hydrogen) atoms. The predicted octanol–water partition coefficient (Wildman–Crippen LogP) is 4.08. The number of imidazole rings is 1. The molecule has 4 rings (SSSR count). The molecule has 2 aromatic carbocycles. The molecule has 0 spiro atoms. The molecule has 2 N–H and O–H groups in total. The lowest BCUT2D eigenvalue weighted by Gasteiger charge is -2.13. The minimum atomic E-state index is -0.367. The van der Waals surface area contributed by atoms with E-state index in [1.807, 2.05) is 30.5 Å². The van der Waals surface area contributed by atoms with Gasteiger partial charge in [-0.3, -0.25) is 14.6 Å². The third-order valence-corrected chi connectivity index (χ3v) is 5.63. The van der Waals surface area contributed by atoms with Gasteiger partial charge >= 0.3 is 0 Å². The Morgan fingerprint density at radius 1 is 1.17 bits per heavy atom. The number of rotatable bonds is 8. The zero-order valence-electron chi connectivity index (χ0n) is 19.8. The standard InChI is InChI=1S/C26H26FN5O3/c1-4-32-24-21(26(34)29-14-18-10-19(27)8-7-16(18)2)11-20(30-23(33)15-35-3)12-22(24)31-25(32)17-6-5-9-28-13-17/h5-13H,4,14-15H2,1-3H3,(H,29,34)(H,30,33). The van der Waals surface area contributed by atoms with Crippen molar-refractivity contribution in [2.24, 2.45) is 0 Å². The van der Waals surface area contributed by atoms with Gasteiger partial charge in [0, 0.05) is 43.8 Å². The SMILES string of the molecule is CCn1c(-c2cccnc2)nc2cc(NC(=O)COC)cc(C(=O)NCc3cc(F)ccc3C)c21. The zero-order chi connectivity index (χ0) is 24.9. The van der Waals surface area contributed by atoms with Crippen LogP contribution in [0, 0.1) is 12.7 Å². The number of nitrogens with zero attached hydrogens (tertiary/aromatic N) is 3. The van der Waals surface area contributed by atoms with Crippen LogP contribution in [0.3, 0.4) is 0 Å². The molecule has 0 atom stereocenters. The maximum Gasteiger partial charge on any atom is 0.253 e. The van der Waals surface area contributed by atoms with E-state index in [1.54, 1.807) is 30.6 Å². The Morgan fingerprint density at radius 3 is 2.71 bits per heavy atom. The lowest BCUT2D eigenvalue weighted by Crippen LogP contribution is -2.24. The zero-order valence-corrected chi connectivity index (χ0v) is 19.8. The second-order valence-corrected chi connectivity index (χ2v) is 8.05. The van der Waals surface area contributed by atoms with E-state index in [0.717, 1.165) is 11.1 Å². The molecule has 0 aliphatic rings. The van der Waals surface area contributed by atoms with Crippen LogP contribution in [0.1, 0.15) is 28.4 Å². The van der Waals surface area contributed by atoms with Gasteiger partial charge < -0.3 is 19.9 Å². The summed E-state index contributed by atoms with van der Waals surface area (Å²) in [6, 6.07) is 11.5. The average Bonchev–Trinajstić information content (AvgIpc) is 3.23. The molecule has 0 fully saturated rings. The number of nitrogens with one attached hydrogen (secondary N) is 2. The maximum absolute atomic E-state index is 13.7. The quantitative estimate of drug-likeness (QED) is 0.400. The highest BCUT2D eigenvalue weighted by atomic mass is 19.1. The highest BCUT2D eigenvalue weighted by Gasteiger charge is 2.21. The molecule has 0 radical (unpaired) electrons. The maximum atomic E-state index is 13.7. The Balaban J connectivity index is 1.79. The van der Waals surface area contributed by atoms with Gasteiger partial charge in [-0.25, -0.2) is 9.37 Å². The molecule has 180 valence electrons. The van der Waals surface area contributed by atoms with E-state index in [2.05, 4.69) is 15.6 Å². The molecule has 0 saturated carbocycles. The number of fused-ring (bicyclic) bond motifs is 1. The number of carbonyl (C=O) groups is 2. The van der Waals surface area contributed by atoms with Crippen molar-refractivity contribution in [2.45, 2.75) is 26.9 Å². The smallest absolute Gasteiger partial charge is 0.253 e. The van der Waals surface area contributed by atoms with E-state index in [-0.39, 0.29) is 30.8 Å². The van der Waals surface area contributed by atoms with Crippen molar-refractivity contribution >= 4 is 28.5 Å². The van der Waals surface area contributed by atoms with Crippen LogP contribution < -0.4 is 10.6 Å². The average molecular weight is 476 g/mol. The van der Waals surface area contributed by atoms with E-state index in [1.165, 1.54) is 19.2 Å². The molecule has 4 aromatic rings. The van der Waals surface area contributed by atoms with Crippen LogP contribution in [-0.2, 0) is 22.6 Å². The summed E-state index contributed by atoms with van der Waals surface area (Å²) in [4.78, 5) is 34.5. The first-order valence-corrected chi connectivity index (χ1v) is 11.2. The van der Waals surface area contributed by atoms with Crippen molar-refractivity contribution in [3.63, 3.8) is 0 Å². The fourth-order valence-electron chi connectivity index (χ4n) is 3.97. The van der Waals surface area contributed by atoms with Crippen molar-refractivity contribution in [1.29, 1.82) is 0 Å². The minimum Gasteiger partial charge on any atom is -0.375 e. The molecule has 0 aliphatic heterocycles. The van der Waals surface area contributed by atoms with Gasteiger partial charge in [-0.05, 0) is 61.4 Å². The van der Waals surface area contributed by atoms with Gasteiger partial charge in [0.2, 0.25) is 5.91 Å². The van der Waals surface area contributed by atoms with E-state index in [9.17, 15) is 14.0 Å². The van der Waals surface area contributed by atoms with Gasteiger partial charge in [-0.1, -0.05) is 6.07 Å². The fourth-order valence-corrected chi connectivity index (χ4v) is 3.97. The number of halogens is 1. The number of carbonyl (C=O) groups excluding carboxylic acids is 2. The fraction of sp³-hybridized carbons (Fsp3) is 0.231. The molecule has 0 aliphatic carbocycles. The molecular formula is C26H26FN5O3. The molecule has 8 nitrogen and oxygen atoms in total. The summed E-state index contributed by atoms with van der Waals surface area (Å²) in [7, 11) is 1.43. The summed E-state index contributed by atoms with van der Waals surface area (Å²) in [6.45, 7) is 4.41. The lowest BCUT2D eigenvalue weighted by molar-refractivity contribution is -0.119. The van der Waals surface area contributed by atoms with Crippen LogP contribution in [0.2, 0.25) is 0 Å². The number of hydrogen-bond acceptors (Lipinski definition) is 5. The van der Waals surface area contributed by atoms with Crippen molar-refractivity contribution in [3.8, 4) is 11.4 Å². The van der Waals surface area contributed by atoms with Gasteiger partial charge in [-0.15, -0.1) is 0 Å². The van der Waals surface area contributed by atoms with Crippen molar-refractivity contribution < 1.29 is 18.7 Å². The van der Waals surface area contributed by atoms with Crippen molar-refractivity contribution in [1.82, 2.24) is 19.9 Å². The Hall–Kier alpha value is -4.11. The summed E-state index contributed by atoms with van der Waals surface area (Å²) >= 11 is 0. The molecule has 2 heterocycles. The monoisotopic (exact) mass is 475 g/mol. The molecule has 2 amide bonds. The number of benzene rings is 2. The topological polar surface area (TPSA) is 98.1 Å². The molecule has 0 saturated heterocycles. The summed E-state index contributed by atoms with van der Waals surface area (Å²) in [5.41, 5.74) is 4.29. The normalized spacial score (nSPS) is 11.0. The highest BCUT2D eigenvalue weighted by Crippen LogP contribution is 2.30. The number of aromatic nitrogens is 3. The lowest BCUT2D eigenvalue weighted by atomic mass is 10.1. The number of methoxy groups -OCH3 is 1. The van der Waals surface area contributed by atoms with E-state index in [4.69, 9.17) is 9.72 Å². The summed E-state index contributed by atoms with van der Waals surface area (Å²) in [5.74, 6) is -0.425. The number of amides is 2. The van der Waals surface area contributed by atoms with Gasteiger partial charge in [0.1, 0.15) is 18.2 Å². The number of hydrogen-bond donors (Lipinski definition) is 2. The Morgan fingerprint density at radius 2 is 2.00 bits per heavy atom. The largest absolute Gasteiger partial charge is 0.375 e. The molecular weight excluding hydrogens is 449 g/mol. The minimum absolute atomic E-state index is 0.122. The van der Waals surface area contributed by atoms with Gasteiger partial charge in [0.05, 0.1) is 16.6 Å². The second kappa shape index (κ2) is 10.4. The van der Waals surface area contributed by atoms with E-state index >= 15 is 0 Å². The molecule has 2 aromatic heterocycles. The first kappa shape index (κ1) is 24.0. The van der Waals surface area contributed by atoms with Crippen molar-refractivity contribution in [3.05, 3.63) is 77.4 Å². The third kappa shape index (κ3) is 5.20. The van der Waals surface area contributed by atoms with Crippen LogP contribution >= 0.6 is 0 Å². The number of pyridine rings is 1. The summed E-state index contributed by atoms with van der Waals surface area (Å²) in [5, 5.41) is 5.64. The molecule has 0 unspecified atom stereocenters. The van der Waals surface area contributed by atoms with Gasteiger partial charge in [0.15, 0.2) is 0 Å². The molecule has 0 bridgehead atoms. The Bertz CT molecular complexity index is 1390. The number of ether oxygens (including phenoxy) is 1. The van der Waals surface area contributed by atoms with Crippen LogP contribution in [0.15, 0.2) is 54.9 Å². The molecule has 9 heteroatoms. The second-order valence-electron chi connectivity index (χ2n) is 8.05. The van der Waals surface area contributed by atoms with E-state index < -0.39 is 0 Å².